The molecule has 0 heterocycles. The first kappa shape index (κ1) is 16.3. The number of esters is 1. The molecule has 2 aromatic rings. The predicted molar refractivity (Wildman–Crippen MR) is 87.5 cm³/mol. The number of hydrogen-bond donors (Lipinski definition) is 1. The van der Waals surface area contributed by atoms with Crippen molar-refractivity contribution >= 4 is 23.5 Å². The maximum absolute atomic E-state index is 12.3. The molecule has 0 aliphatic heterocycles. The van der Waals surface area contributed by atoms with Crippen LogP contribution in [0.3, 0.4) is 0 Å². The molecule has 0 aliphatic rings. The fraction of sp³-hybridized carbons (Fsp3) is 0.111. The molecular weight excluding hydrogens is 294 g/mol. The van der Waals surface area contributed by atoms with Gasteiger partial charge in [0.15, 0.2) is 6.61 Å². The minimum absolute atomic E-state index is 0.333. The van der Waals surface area contributed by atoms with E-state index in [1.54, 1.807) is 31.4 Å². The fourth-order valence-corrected chi connectivity index (χ4v) is 1.99. The Bertz CT molecular complexity index is 723. The first-order valence-corrected chi connectivity index (χ1v) is 6.97. The fourth-order valence-electron chi connectivity index (χ4n) is 1.99. The van der Waals surface area contributed by atoms with Gasteiger partial charge in [-0.05, 0) is 29.3 Å². The maximum atomic E-state index is 12.3. The lowest BCUT2D eigenvalue weighted by molar-refractivity contribution is -0.141. The van der Waals surface area contributed by atoms with Crippen LogP contribution in [0.1, 0.15) is 11.1 Å². The van der Waals surface area contributed by atoms with Gasteiger partial charge in [0.2, 0.25) is 0 Å². The molecule has 0 saturated heterocycles. The molecule has 0 atom stereocenters. The van der Waals surface area contributed by atoms with E-state index in [4.69, 9.17) is 15.2 Å². The molecule has 23 heavy (non-hydrogen) atoms. The number of primary amides is 1. The van der Waals surface area contributed by atoms with Crippen molar-refractivity contribution in [2.75, 3.05) is 13.7 Å². The molecule has 5 nitrogen and oxygen atoms in total. The Hall–Kier alpha value is -3.08. The van der Waals surface area contributed by atoms with E-state index in [0.717, 1.165) is 5.56 Å². The monoisotopic (exact) mass is 311 g/mol. The summed E-state index contributed by atoms with van der Waals surface area (Å²) in [5.74, 6) is -0.637. The summed E-state index contributed by atoms with van der Waals surface area (Å²) in [5, 5.41) is 0. The Kier molecular flexibility index (Phi) is 5.52. The molecule has 5 heteroatoms. The maximum Gasteiger partial charge on any atom is 0.339 e. The van der Waals surface area contributed by atoms with Crippen LogP contribution in [0.5, 0.6) is 5.75 Å². The number of hydrogen-bond acceptors (Lipinski definition) is 4. The number of nitrogens with two attached hydrogens (primary N) is 1. The first-order valence-electron chi connectivity index (χ1n) is 6.97. The smallest absolute Gasteiger partial charge is 0.339 e. The van der Waals surface area contributed by atoms with Crippen LogP contribution in [-0.4, -0.2) is 25.6 Å². The lowest BCUT2D eigenvalue weighted by atomic mass is 10.0. The van der Waals surface area contributed by atoms with E-state index >= 15 is 0 Å². The zero-order chi connectivity index (χ0) is 16.7. The number of benzene rings is 2. The van der Waals surface area contributed by atoms with Crippen molar-refractivity contribution < 1.29 is 19.1 Å². The highest BCUT2D eigenvalue weighted by molar-refractivity contribution is 6.21. The van der Waals surface area contributed by atoms with E-state index in [1.165, 1.54) is 0 Å². The Morgan fingerprint density at radius 3 is 2.48 bits per heavy atom. The van der Waals surface area contributed by atoms with Gasteiger partial charge in [0, 0.05) is 0 Å². The third kappa shape index (κ3) is 4.71. The molecule has 2 aromatic carbocycles. The molecule has 0 spiro atoms. The van der Waals surface area contributed by atoms with Crippen molar-refractivity contribution in [1.82, 2.24) is 0 Å². The lowest BCUT2D eigenvalue weighted by Gasteiger charge is -2.08. The standard InChI is InChI=1S/C18H17NO4/c1-22-15-9-5-6-13(10-15)11-16(14-7-3-2-4-8-14)18(21)23-12-17(19)20/h2-11H,12H2,1H3,(H2,19,20)/b16-11-. The molecular formula is C18H17NO4. The van der Waals surface area contributed by atoms with E-state index in [2.05, 4.69) is 0 Å². The van der Waals surface area contributed by atoms with E-state index in [1.807, 2.05) is 36.4 Å². The van der Waals surface area contributed by atoms with Crippen LogP contribution >= 0.6 is 0 Å². The summed E-state index contributed by atoms with van der Waals surface area (Å²) in [7, 11) is 1.57. The Balaban J connectivity index is 2.38. The molecule has 1 amide bonds. The number of carbonyl (C=O) groups excluding carboxylic acids is 2. The topological polar surface area (TPSA) is 78.6 Å². The highest BCUT2D eigenvalue weighted by Crippen LogP contribution is 2.22. The van der Waals surface area contributed by atoms with Gasteiger partial charge >= 0.3 is 5.97 Å². The number of ether oxygens (including phenoxy) is 2. The molecule has 0 saturated carbocycles. The zero-order valence-corrected chi connectivity index (χ0v) is 12.7. The average Bonchev–Trinajstić information content (AvgIpc) is 2.58. The summed E-state index contributed by atoms with van der Waals surface area (Å²) in [6.07, 6.45) is 1.68. The van der Waals surface area contributed by atoms with E-state index in [9.17, 15) is 9.59 Å². The summed E-state index contributed by atoms with van der Waals surface area (Å²) >= 11 is 0. The van der Waals surface area contributed by atoms with Gasteiger partial charge in [-0.3, -0.25) is 4.79 Å². The van der Waals surface area contributed by atoms with E-state index < -0.39 is 18.5 Å². The van der Waals surface area contributed by atoms with Crippen LogP contribution in [0, 0.1) is 0 Å². The molecule has 0 fully saturated rings. The van der Waals surface area contributed by atoms with Crippen molar-refractivity contribution in [3.63, 3.8) is 0 Å². The van der Waals surface area contributed by atoms with Crippen LogP contribution in [0.25, 0.3) is 11.6 Å². The summed E-state index contributed by atoms with van der Waals surface area (Å²) < 4.78 is 10.1. The highest BCUT2D eigenvalue weighted by atomic mass is 16.5. The van der Waals surface area contributed by atoms with E-state index in [0.29, 0.717) is 16.9 Å². The molecule has 0 aliphatic carbocycles. The number of rotatable bonds is 6. The third-order valence-corrected chi connectivity index (χ3v) is 3.06. The second-order valence-corrected chi connectivity index (χ2v) is 4.74. The SMILES string of the molecule is COc1cccc(/C=C(\C(=O)OCC(N)=O)c2ccccc2)c1. The van der Waals surface area contributed by atoms with Crippen LogP contribution in [0.15, 0.2) is 54.6 Å². The largest absolute Gasteiger partial charge is 0.497 e. The minimum Gasteiger partial charge on any atom is -0.497 e. The minimum atomic E-state index is -0.702. The normalized spacial score (nSPS) is 10.9. The first-order chi connectivity index (χ1) is 11.1. The van der Waals surface area contributed by atoms with Gasteiger partial charge in [-0.2, -0.15) is 0 Å². The highest BCUT2D eigenvalue weighted by Gasteiger charge is 2.14. The molecule has 0 unspecified atom stereocenters. The van der Waals surface area contributed by atoms with Gasteiger partial charge in [0.05, 0.1) is 12.7 Å². The van der Waals surface area contributed by atoms with Gasteiger partial charge < -0.3 is 15.2 Å². The van der Waals surface area contributed by atoms with Crippen molar-refractivity contribution in [3.05, 3.63) is 65.7 Å². The summed E-state index contributed by atoms with van der Waals surface area (Å²) in [4.78, 5) is 23.1. The lowest BCUT2D eigenvalue weighted by Crippen LogP contribution is -2.21. The summed E-state index contributed by atoms with van der Waals surface area (Å²) in [6.45, 7) is -0.457. The van der Waals surface area contributed by atoms with Crippen molar-refractivity contribution in [2.24, 2.45) is 5.73 Å². The second-order valence-electron chi connectivity index (χ2n) is 4.74. The van der Waals surface area contributed by atoms with Crippen LogP contribution in [0.4, 0.5) is 0 Å². The molecule has 2 N–H and O–H groups in total. The Morgan fingerprint density at radius 1 is 1.09 bits per heavy atom. The number of methoxy groups -OCH3 is 1. The molecule has 118 valence electrons. The van der Waals surface area contributed by atoms with Gasteiger partial charge in [-0.25, -0.2) is 4.79 Å². The van der Waals surface area contributed by atoms with Gasteiger partial charge in [-0.1, -0.05) is 42.5 Å². The Morgan fingerprint density at radius 2 is 1.83 bits per heavy atom. The number of carbonyl (C=O) groups is 2. The molecule has 0 radical (unpaired) electrons. The molecule has 0 aromatic heterocycles. The van der Waals surface area contributed by atoms with Crippen LogP contribution in [-0.2, 0) is 14.3 Å². The molecule has 0 bridgehead atoms. The van der Waals surface area contributed by atoms with Crippen molar-refractivity contribution in [1.29, 1.82) is 0 Å². The van der Waals surface area contributed by atoms with Crippen molar-refractivity contribution in [2.45, 2.75) is 0 Å². The average molecular weight is 311 g/mol. The quantitative estimate of drug-likeness (QED) is 0.504. The Labute approximate surface area is 134 Å². The second kappa shape index (κ2) is 7.79. The van der Waals surface area contributed by atoms with Crippen LogP contribution < -0.4 is 10.5 Å². The van der Waals surface area contributed by atoms with Gasteiger partial charge in [-0.15, -0.1) is 0 Å². The van der Waals surface area contributed by atoms with Gasteiger partial charge in [0.1, 0.15) is 5.75 Å². The van der Waals surface area contributed by atoms with Gasteiger partial charge in [0.25, 0.3) is 5.91 Å². The van der Waals surface area contributed by atoms with Crippen molar-refractivity contribution in [3.8, 4) is 5.75 Å². The summed E-state index contributed by atoms with van der Waals surface area (Å²) in [5.41, 5.74) is 6.81. The summed E-state index contributed by atoms with van der Waals surface area (Å²) in [6, 6.07) is 16.3. The van der Waals surface area contributed by atoms with Crippen LogP contribution in [0.2, 0.25) is 0 Å². The third-order valence-electron chi connectivity index (χ3n) is 3.06. The zero-order valence-electron chi connectivity index (χ0n) is 12.7. The number of amides is 1. The van der Waals surface area contributed by atoms with E-state index in [-0.39, 0.29) is 0 Å². The molecule has 2 rings (SSSR count). The predicted octanol–water partition coefficient (Wildman–Crippen LogP) is 2.26.